The molecule has 0 N–H and O–H groups in total. The highest BCUT2D eigenvalue weighted by molar-refractivity contribution is 4.83. The fourth-order valence-electron chi connectivity index (χ4n) is 1.03. The van der Waals surface area contributed by atoms with E-state index < -0.39 is 0 Å². The van der Waals surface area contributed by atoms with Gasteiger partial charge in [-0.05, 0) is 30.7 Å². The molecule has 0 atom stereocenters. The molecule has 0 aliphatic carbocycles. The Morgan fingerprint density at radius 2 is 2.08 bits per heavy atom. The lowest BCUT2D eigenvalue weighted by atomic mass is 10.1. The van der Waals surface area contributed by atoms with Gasteiger partial charge in [0.2, 0.25) is 0 Å². The van der Waals surface area contributed by atoms with Crippen molar-refractivity contribution in [2.45, 2.75) is 39.5 Å². The molecule has 0 saturated carbocycles. The van der Waals surface area contributed by atoms with E-state index in [-0.39, 0.29) is 0 Å². The van der Waals surface area contributed by atoms with Gasteiger partial charge in [-0.3, -0.25) is 0 Å². The monoisotopic (exact) mass is 181 g/mol. The predicted octanol–water partition coefficient (Wildman–Crippen LogP) is 4.07. The molecule has 0 aliphatic rings. The van der Waals surface area contributed by atoms with Crippen LogP contribution in [0.15, 0.2) is 17.3 Å². The maximum atomic E-state index is 8.02. The minimum Gasteiger partial charge on any atom is -0.0940 e. The molecule has 0 bridgehead atoms. The second-order valence-corrected chi connectivity index (χ2v) is 3.48. The van der Waals surface area contributed by atoms with Crippen LogP contribution in [0.25, 0.3) is 10.4 Å². The minimum absolute atomic E-state index is 0.643. The number of rotatable bonds is 7. The molecule has 0 fully saturated rings. The fourth-order valence-corrected chi connectivity index (χ4v) is 1.03. The van der Waals surface area contributed by atoms with E-state index in [4.69, 9.17) is 5.53 Å². The zero-order valence-corrected chi connectivity index (χ0v) is 8.61. The van der Waals surface area contributed by atoms with Crippen LogP contribution in [0, 0.1) is 5.92 Å². The van der Waals surface area contributed by atoms with E-state index in [1.54, 1.807) is 0 Å². The SMILES string of the molecule is CC(C)/C=C/CCCCCN=[N+]=[N-]. The van der Waals surface area contributed by atoms with E-state index in [1.807, 2.05) is 0 Å². The highest BCUT2D eigenvalue weighted by atomic mass is 15.1. The third-order valence-electron chi connectivity index (χ3n) is 1.71. The van der Waals surface area contributed by atoms with Crippen molar-refractivity contribution >= 4 is 0 Å². The van der Waals surface area contributed by atoms with E-state index in [0.29, 0.717) is 12.5 Å². The van der Waals surface area contributed by atoms with E-state index in [2.05, 4.69) is 36.0 Å². The minimum atomic E-state index is 0.643. The highest BCUT2D eigenvalue weighted by Gasteiger charge is 1.87. The van der Waals surface area contributed by atoms with E-state index >= 15 is 0 Å². The lowest BCUT2D eigenvalue weighted by Crippen LogP contribution is -1.81. The maximum absolute atomic E-state index is 8.02. The molecule has 74 valence electrons. The Hall–Kier alpha value is -0.950. The van der Waals surface area contributed by atoms with E-state index in [9.17, 15) is 0 Å². The summed E-state index contributed by atoms with van der Waals surface area (Å²) in [5.74, 6) is 0.656. The third kappa shape index (κ3) is 11.0. The lowest BCUT2D eigenvalue weighted by Gasteiger charge is -1.95. The van der Waals surface area contributed by atoms with Gasteiger partial charge in [-0.25, -0.2) is 0 Å². The molecule has 0 unspecified atom stereocenters. The van der Waals surface area contributed by atoms with Gasteiger partial charge >= 0.3 is 0 Å². The first-order chi connectivity index (χ1) is 6.27. The van der Waals surface area contributed by atoms with Crippen LogP contribution in [0.4, 0.5) is 0 Å². The van der Waals surface area contributed by atoms with Gasteiger partial charge in [0.15, 0.2) is 0 Å². The topological polar surface area (TPSA) is 48.8 Å². The summed E-state index contributed by atoms with van der Waals surface area (Å²) in [5, 5.41) is 3.48. The van der Waals surface area contributed by atoms with Gasteiger partial charge in [0.1, 0.15) is 0 Å². The summed E-state index contributed by atoms with van der Waals surface area (Å²) in [5.41, 5.74) is 8.02. The molecule has 0 aromatic heterocycles. The molecule has 13 heavy (non-hydrogen) atoms. The molecule has 0 aromatic carbocycles. The summed E-state index contributed by atoms with van der Waals surface area (Å²) < 4.78 is 0. The molecule has 3 nitrogen and oxygen atoms in total. The second-order valence-electron chi connectivity index (χ2n) is 3.48. The molecule has 0 aromatic rings. The number of azide groups is 1. The Morgan fingerprint density at radius 1 is 1.31 bits per heavy atom. The van der Waals surface area contributed by atoms with Crippen LogP contribution in [-0.2, 0) is 0 Å². The van der Waals surface area contributed by atoms with Gasteiger partial charge in [0.05, 0.1) is 0 Å². The molecule has 0 rings (SSSR count). The van der Waals surface area contributed by atoms with E-state index in [1.165, 1.54) is 6.42 Å². The Balaban J connectivity index is 3.12. The molecular weight excluding hydrogens is 162 g/mol. The van der Waals surface area contributed by atoms with Crippen molar-refractivity contribution in [2.24, 2.45) is 11.0 Å². The van der Waals surface area contributed by atoms with Gasteiger partial charge in [0.25, 0.3) is 0 Å². The first-order valence-corrected chi connectivity index (χ1v) is 4.95. The predicted molar refractivity (Wildman–Crippen MR) is 56.5 cm³/mol. The largest absolute Gasteiger partial charge is 0.0940 e. The van der Waals surface area contributed by atoms with Crippen molar-refractivity contribution in [1.82, 2.24) is 0 Å². The van der Waals surface area contributed by atoms with Gasteiger partial charge in [0, 0.05) is 11.5 Å². The van der Waals surface area contributed by atoms with Gasteiger partial charge in [-0.15, -0.1) is 0 Å². The fraction of sp³-hybridized carbons (Fsp3) is 0.800. The Bertz CT molecular complexity index is 179. The Labute approximate surface area is 80.5 Å². The van der Waals surface area contributed by atoms with Crippen molar-refractivity contribution in [1.29, 1.82) is 0 Å². The van der Waals surface area contributed by atoms with Gasteiger partial charge < -0.3 is 0 Å². The van der Waals surface area contributed by atoms with Crippen LogP contribution in [0.5, 0.6) is 0 Å². The standard InChI is InChI=1S/C10H19N3/c1-10(2)8-6-4-3-5-7-9-12-13-11/h6,8,10H,3-5,7,9H2,1-2H3/b8-6+. The summed E-state index contributed by atoms with van der Waals surface area (Å²) in [7, 11) is 0. The Kier molecular flexibility index (Phi) is 8.47. The molecular formula is C10H19N3. The highest BCUT2D eigenvalue weighted by Crippen LogP contribution is 2.03. The van der Waals surface area contributed by atoms with Crippen LogP contribution in [0.1, 0.15) is 39.5 Å². The molecule has 0 heterocycles. The number of hydrogen-bond acceptors (Lipinski definition) is 1. The third-order valence-corrected chi connectivity index (χ3v) is 1.71. The maximum Gasteiger partial charge on any atom is 0.0257 e. The summed E-state index contributed by atoms with van der Waals surface area (Å²) >= 11 is 0. The zero-order chi connectivity index (χ0) is 9.94. The smallest absolute Gasteiger partial charge is 0.0257 e. The summed E-state index contributed by atoms with van der Waals surface area (Å²) in [6.07, 6.45) is 8.98. The molecule has 0 radical (unpaired) electrons. The van der Waals surface area contributed by atoms with Crippen molar-refractivity contribution in [3.05, 3.63) is 22.6 Å². The zero-order valence-electron chi connectivity index (χ0n) is 8.61. The lowest BCUT2D eigenvalue weighted by molar-refractivity contribution is 0.690. The van der Waals surface area contributed by atoms with Crippen molar-refractivity contribution in [3.63, 3.8) is 0 Å². The van der Waals surface area contributed by atoms with Crippen molar-refractivity contribution < 1.29 is 0 Å². The van der Waals surface area contributed by atoms with Gasteiger partial charge in [-0.1, -0.05) is 37.5 Å². The van der Waals surface area contributed by atoms with Crippen LogP contribution in [-0.4, -0.2) is 6.54 Å². The molecule has 0 saturated heterocycles. The quantitative estimate of drug-likeness (QED) is 0.187. The summed E-state index contributed by atoms with van der Waals surface area (Å²) in [6, 6.07) is 0. The van der Waals surface area contributed by atoms with Crippen molar-refractivity contribution in [3.8, 4) is 0 Å². The van der Waals surface area contributed by atoms with Crippen LogP contribution >= 0.6 is 0 Å². The van der Waals surface area contributed by atoms with Crippen LogP contribution in [0.3, 0.4) is 0 Å². The average Bonchev–Trinajstić information content (AvgIpc) is 2.09. The molecule has 3 heteroatoms. The Morgan fingerprint density at radius 3 is 2.69 bits per heavy atom. The summed E-state index contributed by atoms with van der Waals surface area (Å²) in [4.78, 5) is 2.70. The van der Waals surface area contributed by atoms with E-state index in [0.717, 1.165) is 19.3 Å². The summed E-state index contributed by atoms with van der Waals surface area (Å²) in [6.45, 7) is 5.00. The van der Waals surface area contributed by atoms with Crippen LogP contribution in [0.2, 0.25) is 0 Å². The number of hydrogen-bond donors (Lipinski definition) is 0. The molecule has 0 spiro atoms. The normalized spacial score (nSPS) is 10.7. The molecule has 0 aliphatic heterocycles. The number of unbranched alkanes of at least 4 members (excludes halogenated alkanes) is 3. The first kappa shape index (κ1) is 12.0. The molecule has 0 amide bonds. The van der Waals surface area contributed by atoms with Crippen LogP contribution < -0.4 is 0 Å². The van der Waals surface area contributed by atoms with Gasteiger partial charge in [-0.2, -0.15) is 0 Å². The first-order valence-electron chi connectivity index (χ1n) is 4.95. The number of nitrogens with zero attached hydrogens (tertiary/aromatic N) is 3. The number of allylic oxidation sites excluding steroid dienone is 2. The van der Waals surface area contributed by atoms with Crippen molar-refractivity contribution in [2.75, 3.05) is 6.54 Å². The average molecular weight is 181 g/mol. The second kappa shape index (κ2) is 9.14.